The first-order valence-corrected chi connectivity index (χ1v) is 6.76. The third-order valence-corrected chi connectivity index (χ3v) is 4.34. The lowest BCUT2D eigenvalue weighted by atomic mass is 9.84. The minimum atomic E-state index is 0.453. The van der Waals surface area contributed by atoms with E-state index in [0.29, 0.717) is 6.04 Å². The number of anilines is 1. The van der Waals surface area contributed by atoms with E-state index in [1.807, 2.05) is 10.9 Å². The summed E-state index contributed by atoms with van der Waals surface area (Å²) >= 11 is 2.24. The Labute approximate surface area is 105 Å². The molecule has 0 spiro atoms. The summed E-state index contributed by atoms with van der Waals surface area (Å²) in [6.07, 6.45) is 8.65. The zero-order chi connectivity index (χ0) is 10.8. The van der Waals surface area contributed by atoms with Crippen LogP contribution in [0, 0.1) is 9.49 Å². The molecule has 3 nitrogen and oxygen atoms in total. The molecule has 1 aliphatic carbocycles. The molecule has 1 aliphatic rings. The van der Waals surface area contributed by atoms with E-state index in [0.717, 1.165) is 15.3 Å². The zero-order valence-corrected chi connectivity index (χ0v) is 11.3. The number of hydrogen-bond acceptors (Lipinski definition) is 2. The van der Waals surface area contributed by atoms with Crippen LogP contribution < -0.4 is 5.73 Å². The number of halogens is 1. The normalized spacial score (nSPS) is 20.4. The molecule has 0 saturated heterocycles. The lowest BCUT2D eigenvalue weighted by Gasteiger charge is -2.28. The molecule has 0 aromatic carbocycles. The Balaban J connectivity index is 2.12. The Hall–Kier alpha value is -0.260. The summed E-state index contributed by atoms with van der Waals surface area (Å²) in [6.45, 7) is 2.25. The minimum Gasteiger partial charge on any atom is -0.383 e. The maximum atomic E-state index is 6.00. The van der Waals surface area contributed by atoms with E-state index in [2.05, 4.69) is 34.6 Å². The van der Waals surface area contributed by atoms with Gasteiger partial charge in [-0.1, -0.05) is 19.3 Å². The maximum Gasteiger partial charge on any atom is 0.135 e. The Morgan fingerprint density at radius 1 is 1.47 bits per heavy atom. The van der Waals surface area contributed by atoms with Gasteiger partial charge in [0.05, 0.1) is 15.8 Å². The fourth-order valence-corrected chi connectivity index (χ4v) is 2.86. The van der Waals surface area contributed by atoms with Gasteiger partial charge in [0.1, 0.15) is 5.82 Å². The van der Waals surface area contributed by atoms with Crippen molar-refractivity contribution in [1.82, 2.24) is 9.78 Å². The molecule has 1 fully saturated rings. The first-order valence-electron chi connectivity index (χ1n) is 5.68. The predicted molar refractivity (Wildman–Crippen MR) is 70.6 cm³/mol. The Morgan fingerprint density at radius 2 is 2.13 bits per heavy atom. The van der Waals surface area contributed by atoms with Crippen LogP contribution in [0.3, 0.4) is 0 Å². The maximum absolute atomic E-state index is 6.00. The largest absolute Gasteiger partial charge is 0.383 e. The van der Waals surface area contributed by atoms with Gasteiger partial charge in [0.25, 0.3) is 0 Å². The molecule has 15 heavy (non-hydrogen) atoms. The number of nitrogens with zero attached hydrogens (tertiary/aromatic N) is 2. The quantitative estimate of drug-likeness (QED) is 0.851. The molecule has 2 rings (SSSR count). The SMILES string of the molecule is CC(C1CCCCC1)n1ncc(I)c1N. The smallest absolute Gasteiger partial charge is 0.135 e. The number of nitrogens with two attached hydrogens (primary N) is 1. The van der Waals surface area contributed by atoms with E-state index >= 15 is 0 Å². The lowest BCUT2D eigenvalue weighted by molar-refractivity contribution is 0.252. The summed E-state index contributed by atoms with van der Waals surface area (Å²) in [5, 5.41) is 4.37. The van der Waals surface area contributed by atoms with Crippen molar-refractivity contribution in [2.24, 2.45) is 5.92 Å². The van der Waals surface area contributed by atoms with Crippen LogP contribution in [0.4, 0.5) is 5.82 Å². The second-order valence-corrected chi connectivity index (χ2v) is 5.62. The highest BCUT2D eigenvalue weighted by Gasteiger charge is 2.23. The summed E-state index contributed by atoms with van der Waals surface area (Å²) in [7, 11) is 0. The monoisotopic (exact) mass is 319 g/mol. The number of rotatable bonds is 2. The standard InChI is InChI=1S/C11H18IN3/c1-8(9-5-3-2-4-6-9)15-11(13)10(12)7-14-15/h7-9H,2-6,13H2,1H3. The van der Waals surface area contributed by atoms with Crippen LogP contribution in [-0.2, 0) is 0 Å². The summed E-state index contributed by atoms with van der Waals surface area (Å²) in [4.78, 5) is 0. The van der Waals surface area contributed by atoms with Gasteiger partial charge >= 0.3 is 0 Å². The van der Waals surface area contributed by atoms with E-state index in [-0.39, 0.29) is 0 Å². The topological polar surface area (TPSA) is 43.8 Å². The van der Waals surface area contributed by atoms with Crippen LogP contribution in [0.15, 0.2) is 6.20 Å². The van der Waals surface area contributed by atoms with Crippen molar-refractivity contribution in [3.63, 3.8) is 0 Å². The van der Waals surface area contributed by atoms with Gasteiger partial charge in [0, 0.05) is 0 Å². The van der Waals surface area contributed by atoms with Crippen molar-refractivity contribution >= 4 is 28.4 Å². The van der Waals surface area contributed by atoms with Crippen LogP contribution in [0.1, 0.15) is 45.1 Å². The minimum absolute atomic E-state index is 0.453. The molecule has 1 saturated carbocycles. The second kappa shape index (κ2) is 4.72. The molecule has 1 heterocycles. The third-order valence-electron chi connectivity index (χ3n) is 3.50. The van der Waals surface area contributed by atoms with Crippen LogP contribution in [-0.4, -0.2) is 9.78 Å². The van der Waals surface area contributed by atoms with Gasteiger partial charge in [-0.3, -0.25) is 0 Å². The highest BCUT2D eigenvalue weighted by molar-refractivity contribution is 14.1. The second-order valence-electron chi connectivity index (χ2n) is 4.46. The number of hydrogen-bond donors (Lipinski definition) is 1. The lowest BCUT2D eigenvalue weighted by Crippen LogP contribution is -2.21. The molecule has 1 unspecified atom stereocenters. The average Bonchev–Trinajstić information content (AvgIpc) is 2.60. The molecule has 0 radical (unpaired) electrons. The molecule has 1 aromatic rings. The van der Waals surface area contributed by atoms with E-state index in [1.54, 1.807) is 0 Å². The first-order chi connectivity index (χ1) is 7.20. The Bertz CT molecular complexity index is 329. The van der Waals surface area contributed by atoms with Crippen LogP contribution in [0.5, 0.6) is 0 Å². The Morgan fingerprint density at radius 3 is 2.67 bits per heavy atom. The molecule has 1 aromatic heterocycles. The summed E-state index contributed by atoms with van der Waals surface area (Å²) in [5.74, 6) is 1.59. The van der Waals surface area contributed by atoms with Crippen LogP contribution >= 0.6 is 22.6 Å². The fraction of sp³-hybridized carbons (Fsp3) is 0.727. The molecule has 0 amide bonds. The van der Waals surface area contributed by atoms with Crippen molar-refractivity contribution in [2.75, 3.05) is 5.73 Å². The van der Waals surface area contributed by atoms with Gasteiger partial charge in [-0.2, -0.15) is 5.10 Å². The number of nitrogen functional groups attached to an aromatic ring is 1. The van der Waals surface area contributed by atoms with Gasteiger partial charge in [-0.15, -0.1) is 0 Å². The molecule has 84 valence electrons. The van der Waals surface area contributed by atoms with Crippen molar-refractivity contribution in [1.29, 1.82) is 0 Å². The van der Waals surface area contributed by atoms with Gasteiger partial charge in [0.2, 0.25) is 0 Å². The zero-order valence-electron chi connectivity index (χ0n) is 9.12. The van der Waals surface area contributed by atoms with Gasteiger partial charge in [-0.05, 0) is 48.3 Å². The van der Waals surface area contributed by atoms with Gasteiger partial charge in [0.15, 0.2) is 0 Å². The molecule has 0 bridgehead atoms. The molecule has 4 heteroatoms. The molecule has 0 aliphatic heterocycles. The van der Waals surface area contributed by atoms with Crippen molar-refractivity contribution in [2.45, 2.75) is 45.1 Å². The summed E-state index contributed by atoms with van der Waals surface area (Å²) < 4.78 is 3.06. The van der Waals surface area contributed by atoms with Crippen molar-refractivity contribution in [3.8, 4) is 0 Å². The molecule has 2 N–H and O–H groups in total. The van der Waals surface area contributed by atoms with Crippen LogP contribution in [0.25, 0.3) is 0 Å². The highest BCUT2D eigenvalue weighted by Crippen LogP contribution is 2.33. The molecular weight excluding hydrogens is 301 g/mol. The van der Waals surface area contributed by atoms with Crippen molar-refractivity contribution < 1.29 is 0 Å². The first kappa shape index (κ1) is 11.2. The van der Waals surface area contributed by atoms with Gasteiger partial charge in [-0.25, -0.2) is 4.68 Å². The molecule has 1 atom stereocenters. The summed E-state index contributed by atoms with van der Waals surface area (Å²) in [5.41, 5.74) is 6.00. The van der Waals surface area contributed by atoms with E-state index in [1.165, 1.54) is 32.1 Å². The molecular formula is C11H18IN3. The number of aromatic nitrogens is 2. The van der Waals surface area contributed by atoms with Crippen molar-refractivity contribution in [3.05, 3.63) is 9.77 Å². The fourth-order valence-electron chi connectivity index (χ4n) is 2.49. The van der Waals surface area contributed by atoms with Crippen LogP contribution in [0.2, 0.25) is 0 Å². The van der Waals surface area contributed by atoms with Gasteiger partial charge < -0.3 is 5.73 Å². The third kappa shape index (κ3) is 2.29. The average molecular weight is 319 g/mol. The van der Waals surface area contributed by atoms with E-state index < -0.39 is 0 Å². The van der Waals surface area contributed by atoms with E-state index in [9.17, 15) is 0 Å². The Kier molecular flexibility index (Phi) is 3.53. The highest BCUT2D eigenvalue weighted by atomic mass is 127. The summed E-state index contributed by atoms with van der Waals surface area (Å²) in [6, 6.07) is 0.453. The van der Waals surface area contributed by atoms with E-state index in [4.69, 9.17) is 5.73 Å². The predicted octanol–water partition coefficient (Wildman–Crippen LogP) is 3.21.